The summed E-state index contributed by atoms with van der Waals surface area (Å²) >= 11 is 0. The Morgan fingerprint density at radius 2 is 1.48 bits per heavy atom. The molecule has 0 aromatic heterocycles. The summed E-state index contributed by atoms with van der Waals surface area (Å²) in [5.41, 5.74) is 1.60. The minimum absolute atomic E-state index is 0.0448. The van der Waals surface area contributed by atoms with Gasteiger partial charge in [0.15, 0.2) is 6.61 Å². The Morgan fingerprint density at radius 3 is 2.00 bits per heavy atom. The van der Waals surface area contributed by atoms with E-state index in [2.05, 4.69) is 12.2 Å². The van der Waals surface area contributed by atoms with Gasteiger partial charge in [-0.2, -0.15) is 5.06 Å². The van der Waals surface area contributed by atoms with Crippen molar-refractivity contribution in [1.29, 1.82) is 0 Å². The van der Waals surface area contributed by atoms with Crippen LogP contribution in [0.2, 0.25) is 0 Å². The topological polar surface area (TPSA) is 78.9 Å². The molecule has 0 unspecified atom stereocenters. The molecule has 0 aliphatic rings. The zero-order chi connectivity index (χ0) is 22.9. The molecule has 0 atom stereocenters. The molecule has 1 rings (SSSR count). The highest BCUT2D eigenvalue weighted by Crippen LogP contribution is 2.12. The first-order valence-electron chi connectivity index (χ1n) is 11.9. The summed E-state index contributed by atoms with van der Waals surface area (Å²) in [6.45, 7) is 6.94. The van der Waals surface area contributed by atoms with E-state index in [0.29, 0.717) is 18.7 Å². The van der Waals surface area contributed by atoms with Crippen molar-refractivity contribution >= 4 is 11.9 Å². The van der Waals surface area contributed by atoms with Crippen molar-refractivity contribution in [2.24, 2.45) is 0 Å². The van der Waals surface area contributed by atoms with Crippen LogP contribution in [0.1, 0.15) is 101 Å². The van der Waals surface area contributed by atoms with Crippen molar-refractivity contribution in [3.8, 4) is 0 Å². The summed E-state index contributed by atoms with van der Waals surface area (Å²) in [4.78, 5) is 28.4. The molecule has 0 saturated heterocycles. The molecule has 176 valence electrons. The number of hydroxylamine groups is 2. The third-order valence-corrected chi connectivity index (χ3v) is 5.30. The van der Waals surface area contributed by atoms with Gasteiger partial charge in [-0.25, -0.2) is 4.79 Å². The molecule has 0 radical (unpaired) electrons. The monoisotopic (exact) mass is 434 g/mol. The number of hydrogen-bond donors (Lipinski definition) is 2. The molecule has 0 bridgehead atoms. The minimum Gasteiger partial charge on any atom is -0.479 e. The van der Waals surface area contributed by atoms with Crippen molar-refractivity contribution in [2.75, 3.05) is 13.2 Å². The highest BCUT2D eigenvalue weighted by molar-refractivity contribution is 5.94. The molecule has 2 N–H and O–H groups in total. The van der Waals surface area contributed by atoms with Gasteiger partial charge in [-0.3, -0.25) is 9.63 Å². The van der Waals surface area contributed by atoms with Crippen molar-refractivity contribution < 1.29 is 19.5 Å². The van der Waals surface area contributed by atoms with E-state index in [1.165, 1.54) is 51.4 Å². The predicted molar refractivity (Wildman–Crippen MR) is 125 cm³/mol. The van der Waals surface area contributed by atoms with Gasteiger partial charge in [0.25, 0.3) is 5.91 Å². The fourth-order valence-electron chi connectivity index (χ4n) is 3.37. The number of aliphatic carboxylic acids is 1. The average molecular weight is 435 g/mol. The molecule has 6 heteroatoms. The van der Waals surface area contributed by atoms with Crippen molar-refractivity contribution in [2.45, 2.75) is 97.6 Å². The van der Waals surface area contributed by atoms with Gasteiger partial charge in [0.2, 0.25) is 0 Å². The molecule has 1 amide bonds. The van der Waals surface area contributed by atoms with Gasteiger partial charge in [-0.1, -0.05) is 76.8 Å². The van der Waals surface area contributed by atoms with E-state index in [-0.39, 0.29) is 18.6 Å². The molecule has 0 saturated carbocycles. The van der Waals surface area contributed by atoms with Gasteiger partial charge in [0.1, 0.15) is 0 Å². The van der Waals surface area contributed by atoms with Crippen LogP contribution in [-0.4, -0.2) is 41.2 Å². The van der Waals surface area contributed by atoms with Crippen LogP contribution in [0.15, 0.2) is 24.3 Å². The molecule has 0 spiro atoms. The second-order valence-electron chi connectivity index (χ2n) is 8.47. The van der Waals surface area contributed by atoms with E-state index in [1.807, 2.05) is 26.0 Å². The first kappa shape index (κ1) is 27.1. The zero-order valence-corrected chi connectivity index (χ0v) is 19.7. The summed E-state index contributed by atoms with van der Waals surface area (Å²) < 4.78 is 0. The Balaban J connectivity index is 2.22. The maximum atomic E-state index is 12.3. The fourth-order valence-corrected chi connectivity index (χ4v) is 3.37. The van der Waals surface area contributed by atoms with Gasteiger partial charge in [-0.15, -0.1) is 0 Å². The predicted octanol–water partition coefficient (Wildman–Crippen LogP) is 5.56. The molecular weight excluding hydrogens is 392 g/mol. The summed E-state index contributed by atoms with van der Waals surface area (Å²) in [7, 11) is 0. The van der Waals surface area contributed by atoms with E-state index < -0.39 is 5.97 Å². The average Bonchev–Trinajstić information content (AvgIpc) is 2.74. The van der Waals surface area contributed by atoms with Crippen LogP contribution in [0, 0.1) is 0 Å². The number of carbonyl (C=O) groups is 2. The lowest BCUT2D eigenvalue weighted by molar-refractivity contribution is -0.198. The Hall–Kier alpha value is -1.92. The van der Waals surface area contributed by atoms with Crippen molar-refractivity contribution in [3.63, 3.8) is 0 Å². The van der Waals surface area contributed by atoms with E-state index in [0.717, 1.165) is 18.4 Å². The lowest BCUT2D eigenvalue weighted by atomic mass is 10.1. The summed E-state index contributed by atoms with van der Waals surface area (Å²) in [5, 5.41) is 13.4. The zero-order valence-electron chi connectivity index (χ0n) is 19.7. The van der Waals surface area contributed by atoms with Gasteiger partial charge in [-0.05, 0) is 38.0 Å². The first-order chi connectivity index (χ1) is 14.9. The molecule has 6 nitrogen and oxygen atoms in total. The van der Waals surface area contributed by atoms with Crippen LogP contribution in [0.3, 0.4) is 0 Å². The molecule has 1 aromatic carbocycles. The van der Waals surface area contributed by atoms with Gasteiger partial charge in [0, 0.05) is 24.7 Å². The van der Waals surface area contributed by atoms with Crippen LogP contribution < -0.4 is 5.32 Å². The van der Waals surface area contributed by atoms with Crippen LogP contribution in [0.5, 0.6) is 0 Å². The molecule has 0 heterocycles. The largest absolute Gasteiger partial charge is 0.479 e. The summed E-state index contributed by atoms with van der Waals surface area (Å²) in [6.07, 6.45) is 12.8. The normalized spacial score (nSPS) is 11.3. The number of amides is 1. The lowest BCUT2D eigenvalue weighted by Crippen LogP contribution is -2.32. The number of carbonyl (C=O) groups excluding carboxylic acids is 1. The quantitative estimate of drug-likeness (QED) is 0.233. The molecular formula is C25H42N2O4. The number of nitrogens with one attached hydrogen (secondary N) is 1. The van der Waals surface area contributed by atoms with Gasteiger partial charge >= 0.3 is 5.97 Å². The van der Waals surface area contributed by atoms with Crippen molar-refractivity contribution in [1.82, 2.24) is 10.4 Å². The van der Waals surface area contributed by atoms with E-state index >= 15 is 0 Å². The SMILES string of the molecule is CCCCCCCCCCCCNC(=O)c1ccc(CN(OCC(=O)O)C(C)C)cc1. The van der Waals surface area contributed by atoms with E-state index in [9.17, 15) is 9.59 Å². The Morgan fingerprint density at radius 1 is 0.935 bits per heavy atom. The molecule has 31 heavy (non-hydrogen) atoms. The smallest absolute Gasteiger partial charge is 0.331 e. The number of hydrogen-bond acceptors (Lipinski definition) is 4. The van der Waals surface area contributed by atoms with Crippen LogP contribution in [0.25, 0.3) is 0 Å². The second kappa shape index (κ2) is 16.7. The highest BCUT2D eigenvalue weighted by Gasteiger charge is 2.13. The number of carboxylic acid groups (broad SMARTS) is 1. The number of benzene rings is 1. The lowest BCUT2D eigenvalue weighted by Gasteiger charge is -2.24. The number of nitrogens with zero attached hydrogens (tertiary/aromatic N) is 1. The maximum Gasteiger partial charge on any atom is 0.331 e. The first-order valence-corrected chi connectivity index (χ1v) is 11.9. The molecule has 0 fully saturated rings. The highest BCUT2D eigenvalue weighted by atomic mass is 16.7. The Bertz CT molecular complexity index is 616. The Labute approximate surface area is 188 Å². The van der Waals surface area contributed by atoms with Crippen molar-refractivity contribution in [3.05, 3.63) is 35.4 Å². The summed E-state index contributed by atoms with van der Waals surface area (Å²) in [6, 6.07) is 7.42. The molecule has 0 aliphatic carbocycles. The van der Waals surface area contributed by atoms with Gasteiger partial charge < -0.3 is 10.4 Å². The Kier molecular flexibility index (Phi) is 14.6. The molecule has 0 aliphatic heterocycles. The van der Waals surface area contributed by atoms with E-state index in [1.54, 1.807) is 17.2 Å². The standard InChI is InChI=1S/C25H42N2O4/c1-4-5-6-7-8-9-10-11-12-13-18-26-25(30)23-16-14-22(15-17-23)19-27(21(2)3)31-20-24(28)29/h14-17,21H,4-13,18-20H2,1-3H3,(H,26,30)(H,28,29). The maximum absolute atomic E-state index is 12.3. The fraction of sp³-hybridized carbons (Fsp3) is 0.680. The number of rotatable bonds is 18. The summed E-state index contributed by atoms with van der Waals surface area (Å²) in [5.74, 6) is -1.05. The number of carboxylic acids is 1. The second-order valence-corrected chi connectivity index (χ2v) is 8.47. The number of unbranched alkanes of at least 4 members (excludes halogenated alkanes) is 9. The van der Waals surface area contributed by atoms with Crippen LogP contribution in [-0.2, 0) is 16.2 Å². The third kappa shape index (κ3) is 13.2. The molecule has 1 aromatic rings. The van der Waals surface area contributed by atoms with Crippen LogP contribution >= 0.6 is 0 Å². The van der Waals surface area contributed by atoms with E-state index in [4.69, 9.17) is 9.94 Å². The van der Waals surface area contributed by atoms with Crippen LogP contribution in [0.4, 0.5) is 0 Å². The third-order valence-electron chi connectivity index (χ3n) is 5.30. The minimum atomic E-state index is -1.000. The van der Waals surface area contributed by atoms with Gasteiger partial charge in [0.05, 0.1) is 0 Å².